The Bertz CT molecular complexity index is 3900. The fourth-order valence-electron chi connectivity index (χ4n) is 9.19. The standard InChI is InChI=1S/C55H32N4O2/c1-2-13-33(14-3-1)53-56-54(36-25-27-41-39-18-7-10-23-49(39)60-51(41)31-36)58-55(57-53)44-28-26-37(32-45(44)43-21-12-20-42-40-19-8-11-24-50(40)61-52(42)43)59-47-22-9-6-17-38(47)46-29-34-15-4-5-16-35(34)30-48(46)59/h1-32H. The summed E-state index contributed by atoms with van der Waals surface area (Å²) in [4.78, 5) is 15.6. The van der Waals surface area contributed by atoms with Gasteiger partial charge in [-0.15, -0.1) is 0 Å². The van der Waals surface area contributed by atoms with Crippen molar-refractivity contribution in [3.8, 4) is 51.0 Å². The molecule has 0 atom stereocenters. The Balaban J connectivity index is 1.09. The van der Waals surface area contributed by atoms with Crippen LogP contribution in [0.5, 0.6) is 0 Å². The molecule has 4 heterocycles. The molecule has 4 aromatic heterocycles. The number of hydrogen-bond donors (Lipinski definition) is 0. The van der Waals surface area contributed by atoms with Crippen molar-refractivity contribution in [1.29, 1.82) is 0 Å². The third-order valence-electron chi connectivity index (χ3n) is 12.0. The molecule has 0 aliphatic heterocycles. The lowest BCUT2D eigenvalue weighted by Crippen LogP contribution is -2.02. The van der Waals surface area contributed by atoms with Gasteiger partial charge >= 0.3 is 0 Å². The van der Waals surface area contributed by atoms with Gasteiger partial charge in [-0.05, 0) is 77.0 Å². The van der Waals surface area contributed by atoms with Crippen LogP contribution in [0.4, 0.5) is 0 Å². The molecular weight excluding hydrogens is 749 g/mol. The van der Waals surface area contributed by atoms with E-state index in [1.54, 1.807) is 0 Å². The fraction of sp³-hybridized carbons (Fsp3) is 0. The molecular formula is C55H32N4O2. The van der Waals surface area contributed by atoms with E-state index in [1.165, 1.54) is 21.5 Å². The Morgan fingerprint density at radius 1 is 0.328 bits per heavy atom. The van der Waals surface area contributed by atoms with Crippen LogP contribution in [0.15, 0.2) is 203 Å². The number of nitrogens with zero attached hydrogens (tertiary/aromatic N) is 4. The van der Waals surface area contributed by atoms with Crippen LogP contribution in [0.1, 0.15) is 0 Å². The minimum absolute atomic E-state index is 0.552. The van der Waals surface area contributed by atoms with E-state index in [1.807, 2.05) is 66.7 Å². The number of fused-ring (bicyclic) bond motifs is 10. The van der Waals surface area contributed by atoms with Crippen LogP contribution in [0.2, 0.25) is 0 Å². The molecule has 0 unspecified atom stereocenters. The van der Waals surface area contributed by atoms with Gasteiger partial charge in [0.1, 0.15) is 22.3 Å². The third-order valence-corrected chi connectivity index (χ3v) is 12.0. The predicted octanol–water partition coefficient (Wildman–Crippen LogP) is 14.6. The number of rotatable bonds is 5. The summed E-state index contributed by atoms with van der Waals surface area (Å²) in [5.74, 6) is 1.69. The summed E-state index contributed by atoms with van der Waals surface area (Å²) in [5.41, 5.74) is 11.0. The van der Waals surface area contributed by atoms with Crippen LogP contribution in [0.3, 0.4) is 0 Å². The predicted molar refractivity (Wildman–Crippen MR) is 248 cm³/mol. The maximum Gasteiger partial charge on any atom is 0.164 e. The van der Waals surface area contributed by atoms with Crippen molar-refractivity contribution in [2.45, 2.75) is 0 Å². The summed E-state index contributed by atoms with van der Waals surface area (Å²) < 4.78 is 15.4. The summed E-state index contributed by atoms with van der Waals surface area (Å²) in [6, 6.07) is 67.5. The molecule has 284 valence electrons. The SMILES string of the molecule is c1ccc(-c2nc(-c3ccc4c(c3)oc3ccccc34)nc(-c3ccc(-n4c5ccccc5c5cc6ccccc6cc54)cc3-c3cccc4c3oc3ccccc34)n2)cc1. The Morgan fingerprint density at radius 2 is 0.967 bits per heavy atom. The molecule has 0 amide bonds. The van der Waals surface area contributed by atoms with Crippen LogP contribution >= 0.6 is 0 Å². The first-order valence-electron chi connectivity index (χ1n) is 20.4. The van der Waals surface area contributed by atoms with Crippen LogP contribution in [-0.4, -0.2) is 19.5 Å². The first-order valence-corrected chi connectivity index (χ1v) is 20.4. The molecule has 0 saturated carbocycles. The molecule has 13 aromatic rings. The van der Waals surface area contributed by atoms with Gasteiger partial charge in [-0.3, -0.25) is 0 Å². The molecule has 13 rings (SSSR count). The maximum atomic E-state index is 6.73. The van der Waals surface area contributed by atoms with Crippen molar-refractivity contribution in [3.05, 3.63) is 194 Å². The average Bonchev–Trinajstić information content (AvgIpc) is 4.00. The second kappa shape index (κ2) is 13.1. The largest absolute Gasteiger partial charge is 0.456 e. The van der Waals surface area contributed by atoms with E-state index in [0.29, 0.717) is 17.5 Å². The molecule has 0 saturated heterocycles. The molecule has 0 bridgehead atoms. The van der Waals surface area contributed by atoms with Gasteiger partial charge in [-0.2, -0.15) is 0 Å². The smallest absolute Gasteiger partial charge is 0.164 e. The van der Waals surface area contributed by atoms with E-state index >= 15 is 0 Å². The zero-order valence-corrected chi connectivity index (χ0v) is 32.6. The third kappa shape index (κ3) is 5.26. The molecule has 61 heavy (non-hydrogen) atoms. The summed E-state index contributed by atoms with van der Waals surface area (Å²) >= 11 is 0. The monoisotopic (exact) mass is 780 g/mol. The Labute approximate surface area is 348 Å². The van der Waals surface area contributed by atoms with Crippen molar-refractivity contribution in [2.75, 3.05) is 0 Å². The van der Waals surface area contributed by atoms with Gasteiger partial charge in [0.15, 0.2) is 17.5 Å². The normalized spacial score (nSPS) is 11.9. The summed E-state index contributed by atoms with van der Waals surface area (Å²) in [6.45, 7) is 0. The topological polar surface area (TPSA) is 69.9 Å². The van der Waals surface area contributed by atoms with Gasteiger partial charge in [0.2, 0.25) is 0 Å². The highest BCUT2D eigenvalue weighted by atomic mass is 16.3. The zero-order chi connectivity index (χ0) is 40.0. The number of aromatic nitrogens is 4. The Kier molecular flexibility index (Phi) is 7.21. The molecule has 0 radical (unpaired) electrons. The number of hydrogen-bond acceptors (Lipinski definition) is 5. The molecule has 0 N–H and O–H groups in total. The average molecular weight is 781 g/mol. The molecule has 0 aliphatic carbocycles. The Hall–Kier alpha value is -8.35. The van der Waals surface area contributed by atoms with Crippen LogP contribution in [0, 0.1) is 0 Å². The molecule has 6 heteroatoms. The molecule has 6 nitrogen and oxygen atoms in total. The first-order chi connectivity index (χ1) is 30.2. The summed E-state index contributed by atoms with van der Waals surface area (Å²) in [6.07, 6.45) is 0. The van der Waals surface area contributed by atoms with Crippen LogP contribution in [-0.2, 0) is 0 Å². The van der Waals surface area contributed by atoms with Crippen molar-refractivity contribution >= 4 is 76.5 Å². The zero-order valence-electron chi connectivity index (χ0n) is 32.6. The van der Waals surface area contributed by atoms with Crippen molar-refractivity contribution in [3.63, 3.8) is 0 Å². The van der Waals surface area contributed by atoms with Crippen molar-refractivity contribution < 1.29 is 8.83 Å². The van der Waals surface area contributed by atoms with E-state index in [2.05, 4.69) is 132 Å². The van der Waals surface area contributed by atoms with E-state index in [-0.39, 0.29) is 0 Å². The summed E-state index contributed by atoms with van der Waals surface area (Å²) in [7, 11) is 0. The Morgan fingerprint density at radius 3 is 1.80 bits per heavy atom. The van der Waals surface area contributed by atoms with Crippen molar-refractivity contribution in [1.82, 2.24) is 19.5 Å². The highest BCUT2D eigenvalue weighted by Crippen LogP contribution is 2.43. The van der Waals surface area contributed by atoms with Crippen molar-refractivity contribution in [2.24, 2.45) is 0 Å². The lowest BCUT2D eigenvalue weighted by atomic mass is 9.96. The number of furan rings is 2. The minimum Gasteiger partial charge on any atom is -0.456 e. The minimum atomic E-state index is 0.552. The lowest BCUT2D eigenvalue weighted by Gasteiger charge is -2.16. The highest BCUT2D eigenvalue weighted by molar-refractivity contribution is 6.14. The van der Waals surface area contributed by atoms with Gasteiger partial charge in [0.25, 0.3) is 0 Å². The highest BCUT2D eigenvalue weighted by Gasteiger charge is 2.22. The number of para-hydroxylation sites is 4. The second-order valence-electron chi connectivity index (χ2n) is 15.6. The lowest BCUT2D eigenvalue weighted by molar-refractivity contribution is 0.669. The quantitative estimate of drug-likeness (QED) is 0.174. The maximum absolute atomic E-state index is 6.73. The van der Waals surface area contributed by atoms with E-state index in [0.717, 1.165) is 88.4 Å². The molecule has 9 aromatic carbocycles. The van der Waals surface area contributed by atoms with Gasteiger partial charge < -0.3 is 13.4 Å². The van der Waals surface area contributed by atoms with Crippen LogP contribution in [0.25, 0.3) is 127 Å². The van der Waals surface area contributed by atoms with E-state index in [9.17, 15) is 0 Å². The van der Waals surface area contributed by atoms with Gasteiger partial charge in [0, 0.05) is 60.3 Å². The fourth-order valence-corrected chi connectivity index (χ4v) is 9.19. The molecule has 0 aliphatic rings. The second-order valence-corrected chi connectivity index (χ2v) is 15.6. The van der Waals surface area contributed by atoms with Gasteiger partial charge in [-0.1, -0.05) is 133 Å². The van der Waals surface area contributed by atoms with E-state index in [4.69, 9.17) is 23.8 Å². The van der Waals surface area contributed by atoms with E-state index < -0.39 is 0 Å². The summed E-state index contributed by atoms with van der Waals surface area (Å²) in [5, 5.41) is 9.05. The number of benzene rings is 9. The first kappa shape index (κ1) is 33.6. The van der Waals surface area contributed by atoms with Gasteiger partial charge in [0.05, 0.1) is 11.0 Å². The molecule has 0 spiro atoms. The van der Waals surface area contributed by atoms with Gasteiger partial charge in [-0.25, -0.2) is 15.0 Å². The van der Waals surface area contributed by atoms with Crippen LogP contribution < -0.4 is 0 Å². The molecule has 0 fully saturated rings.